The molecular weight excluding hydrogens is 246 g/mol. The normalized spacial score (nSPS) is 22.4. The summed E-state index contributed by atoms with van der Waals surface area (Å²) in [6.07, 6.45) is 3.51. The first-order valence-corrected chi connectivity index (χ1v) is 7.99. The number of aliphatic hydroxyl groups excluding tert-OH is 1. The van der Waals surface area contributed by atoms with E-state index in [1.807, 2.05) is 30.3 Å². The van der Waals surface area contributed by atoms with Gasteiger partial charge in [-0.05, 0) is 42.8 Å². The van der Waals surface area contributed by atoms with Crippen LogP contribution in [-0.4, -0.2) is 29.6 Å². The van der Waals surface area contributed by atoms with Crippen molar-refractivity contribution in [3.05, 3.63) is 35.9 Å². The molecule has 1 aliphatic heterocycles. The van der Waals surface area contributed by atoms with Gasteiger partial charge < -0.3 is 10.0 Å². The molecule has 20 heavy (non-hydrogen) atoms. The van der Waals surface area contributed by atoms with Crippen molar-refractivity contribution in [2.75, 3.05) is 19.6 Å². The van der Waals surface area contributed by atoms with Crippen molar-refractivity contribution >= 4 is 0 Å². The Morgan fingerprint density at radius 3 is 2.35 bits per heavy atom. The van der Waals surface area contributed by atoms with Gasteiger partial charge in [-0.2, -0.15) is 0 Å². The van der Waals surface area contributed by atoms with Gasteiger partial charge in [-0.3, -0.25) is 0 Å². The van der Waals surface area contributed by atoms with Crippen LogP contribution in [0.2, 0.25) is 0 Å². The molecule has 1 N–H and O–H groups in total. The second-order valence-electron chi connectivity index (χ2n) is 6.80. The second-order valence-corrected chi connectivity index (χ2v) is 6.80. The molecule has 2 rings (SSSR count). The fourth-order valence-electron chi connectivity index (χ4n) is 3.11. The summed E-state index contributed by atoms with van der Waals surface area (Å²) in [5.41, 5.74) is 1.58. The van der Waals surface area contributed by atoms with E-state index in [-0.39, 0.29) is 12.0 Å². The van der Waals surface area contributed by atoms with E-state index in [4.69, 9.17) is 0 Å². The lowest BCUT2D eigenvalue weighted by Crippen LogP contribution is -2.41. The van der Waals surface area contributed by atoms with E-state index in [9.17, 15) is 5.11 Å². The number of rotatable bonds is 5. The lowest BCUT2D eigenvalue weighted by Gasteiger charge is -2.40. The van der Waals surface area contributed by atoms with Crippen molar-refractivity contribution in [3.63, 3.8) is 0 Å². The van der Waals surface area contributed by atoms with Crippen LogP contribution < -0.4 is 0 Å². The molecule has 1 aromatic rings. The minimum Gasteiger partial charge on any atom is -0.388 e. The van der Waals surface area contributed by atoms with Gasteiger partial charge in [0, 0.05) is 6.54 Å². The zero-order valence-electron chi connectivity index (χ0n) is 13.2. The van der Waals surface area contributed by atoms with Crippen LogP contribution in [0.5, 0.6) is 0 Å². The molecule has 0 spiro atoms. The number of aliphatic hydroxyl groups is 1. The van der Waals surface area contributed by atoms with Crippen LogP contribution in [0.4, 0.5) is 0 Å². The molecule has 0 saturated carbocycles. The number of likely N-dealkylation sites (tertiary alicyclic amines) is 1. The predicted octanol–water partition coefficient (Wildman–Crippen LogP) is 3.87. The highest BCUT2D eigenvalue weighted by Gasteiger charge is 2.29. The lowest BCUT2D eigenvalue weighted by atomic mass is 9.78. The van der Waals surface area contributed by atoms with Gasteiger partial charge in [0.15, 0.2) is 0 Å². The van der Waals surface area contributed by atoms with Crippen molar-refractivity contribution in [1.82, 2.24) is 4.90 Å². The van der Waals surface area contributed by atoms with E-state index < -0.39 is 0 Å². The van der Waals surface area contributed by atoms with Crippen LogP contribution in [0.1, 0.15) is 51.7 Å². The molecule has 112 valence electrons. The molecule has 2 heteroatoms. The van der Waals surface area contributed by atoms with Crippen LogP contribution >= 0.6 is 0 Å². The fourth-order valence-corrected chi connectivity index (χ4v) is 3.11. The summed E-state index contributed by atoms with van der Waals surface area (Å²) in [4.78, 5) is 2.52. The highest BCUT2D eigenvalue weighted by Crippen LogP contribution is 2.34. The van der Waals surface area contributed by atoms with Gasteiger partial charge in [0.1, 0.15) is 0 Å². The fraction of sp³-hybridized carbons (Fsp3) is 0.667. The third-order valence-electron chi connectivity index (χ3n) is 5.14. The summed E-state index contributed by atoms with van der Waals surface area (Å²) >= 11 is 0. The number of hydrogen-bond donors (Lipinski definition) is 1. The standard InChI is InChI=1S/C18H29NO/c1-4-18(3)10-12-19(13-11-18)14-15(2)17(20)16-8-6-5-7-9-16/h5-9,15,17,20H,4,10-14H2,1-3H3. The first-order valence-electron chi connectivity index (χ1n) is 7.99. The zero-order valence-corrected chi connectivity index (χ0v) is 13.2. The monoisotopic (exact) mass is 275 g/mol. The number of hydrogen-bond acceptors (Lipinski definition) is 2. The summed E-state index contributed by atoms with van der Waals surface area (Å²) in [7, 11) is 0. The Hall–Kier alpha value is -0.860. The third-order valence-corrected chi connectivity index (χ3v) is 5.14. The van der Waals surface area contributed by atoms with E-state index >= 15 is 0 Å². The smallest absolute Gasteiger partial charge is 0.0827 e. The highest BCUT2D eigenvalue weighted by molar-refractivity contribution is 5.17. The minimum atomic E-state index is -0.351. The van der Waals surface area contributed by atoms with Crippen LogP contribution in [0.15, 0.2) is 30.3 Å². The molecule has 1 fully saturated rings. The summed E-state index contributed by atoms with van der Waals surface area (Å²) in [6.45, 7) is 10.2. The van der Waals surface area contributed by atoms with Crippen LogP contribution in [0, 0.1) is 11.3 Å². The van der Waals surface area contributed by atoms with Gasteiger partial charge in [0.05, 0.1) is 6.10 Å². The SMILES string of the molecule is CCC1(C)CCN(CC(C)C(O)c2ccccc2)CC1. The van der Waals surface area contributed by atoms with Gasteiger partial charge in [0.25, 0.3) is 0 Å². The average Bonchev–Trinajstić information content (AvgIpc) is 2.50. The Labute approximate surface area is 123 Å². The molecule has 2 nitrogen and oxygen atoms in total. The van der Waals surface area contributed by atoms with Gasteiger partial charge in [-0.1, -0.05) is 57.5 Å². The van der Waals surface area contributed by atoms with E-state index in [1.54, 1.807) is 0 Å². The quantitative estimate of drug-likeness (QED) is 0.882. The maximum Gasteiger partial charge on any atom is 0.0827 e. The van der Waals surface area contributed by atoms with E-state index in [0.717, 1.165) is 12.1 Å². The number of piperidine rings is 1. The van der Waals surface area contributed by atoms with Crippen molar-refractivity contribution < 1.29 is 5.11 Å². The van der Waals surface area contributed by atoms with E-state index in [0.29, 0.717) is 5.41 Å². The summed E-state index contributed by atoms with van der Waals surface area (Å²) in [6, 6.07) is 10.0. The molecule has 1 heterocycles. The molecule has 0 amide bonds. The number of benzene rings is 1. The molecule has 0 bridgehead atoms. The van der Waals surface area contributed by atoms with Gasteiger partial charge in [-0.15, -0.1) is 0 Å². The van der Waals surface area contributed by atoms with Crippen molar-refractivity contribution in [2.45, 2.75) is 46.1 Å². The molecule has 2 atom stereocenters. The minimum absolute atomic E-state index is 0.281. The Morgan fingerprint density at radius 1 is 1.20 bits per heavy atom. The summed E-state index contributed by atoms with van der Waals surface area (Å²) in [5.74, 6) is 0.281. The van der Waals surface area contributed by atoms with Gasteiger partial charge in [-0.25, -0.2) is 0 Å². The average molecular weight is 275 g/mol. The molecule has 1 aromatic carbocycles. The molecule has 0 aromatic heterocycles. The maximum atomic E-state index is 10.4. The Morgan fingerprint density at radius 2 is 1.80 bits per heavy atom. The molecule has 1 aliphatic rings. The first-order chi connectivity index (χ1) is 9.54. The molecule has 0 aliphatic carbocycles. The summed E-state index contributed by atoms with van der Waals surface area (Å²) < 4.78 is 0. The molecule has 0 radical (unpaired) electrons. The zero-order chi connectivity index (χ0) is 14.6. The van der Waals surface area contributed by atoms with Crippen molar-refractivity contribution in [3.8, 4) is 0 Å². The van der Waals surface area contributed by atoms with E-state index in [2.05, 4.69) is 25.7 Å². The predicted molar refractivity (Wildman–Crippen MR) is 84.6 cm³/mol. The Kier molecular flexibility index (Phi) is 5.22. The van der Waals surface area contributed by atoms with E-state index in [1.165, 1.54) is 32.4 Å². The van der Waals surface area contributed by atoms with Crippen LogP contribution in [0.3, 0.4) is 0 Å². The molecular formula is C18H29NO. The van der Waals surface area contributed by atoms with Crippen molar-refractivity contribution in [2.24, 2.45) is 11.3 Å². The van der Waals surface area contributed by atoms with Crippen molar-refractivity contribution in [1.29, 1.82) is 0 Å². The maximum absolute atomic E-state index is 10.4. The highest BCUT2D eigenvalue weighted by atomic mass is 16.3. The third kappa shape index (κ3) is 3.83. The first kappa shape index (κ1) is 15.5. The molecule has 1 saturated heterocycles. The van der Waals surface area contributed by atoms with Gasteiger partial charge >= 0.3 is 0 Å². The van der Waals surface area contributed by atoms with Crippen LogP contribution in [-0.2, 0) is 0 Å². The van der Waals surface area contributed by atoms with Crippen LogP contribution in [0.25, 0.3) is 0 Å². The second kappa shape index (κ2) is 6.73. The van der Waals surface area contributed by atoms with Gasteiger partial charge in [0.2, 0.25) is 0 Å². The Balaban J connectivity index is 1.85. The largest absolute Gasteiger partial charge is 0.388 e. The number of nitrogens with zero attached hydrogens (tertiary/aromatic N) is 1. The summed E-state index contributed by atoms with van der Waals surface area (Å²) in [5, 5.41) is 10.4. The Bertz CT molecular complexity index is 395. The lowest BCUT2D eigenvalue weighted by molar-refractivity contribution is 0.0575. The molecule has 2 unspecified atom stereocenters. The topological polar surface area (TPSA) is 23.5 Å².